The van der Waals surface area contributed by atoms with Gasteiger partial charge in [0.25, 0.3) is 0 Å². The van der Waals surface area contributed by atoms with E-state index >= 15 is 0 Å². The van der Waals surface area contributed by atoms with Crippen LogP contribution in [0.4, 0.5) is 25.2 Å². The molecule has 0 amide bonds. The molecule has 0 radical (unpaired) electrons. The molecule has 0 bridgehead atoms. The molecule has 0 aliphatic carbocycles. The van der Waals surface area contributed by atoms with E-state index in [4.69, 9.17) is 4.74 Å². The minimum absolute atomic E-state index is 0.685. The van der Waals surface area contributed by atoms with E-state index in [0.29, 0.717) is 5.92 Å². The fraction of sp³-hybridized carbons (Fsp3) is 0.600. The molecule has 1 unspecified atom stereocenters. The first-order valence-electron chi connectivity index (χ1n) is 7.61. The summed E-state index contributed by atoms with van der Waals surface area (Å²) in [7, 11) is -8.94. The Balaban J connectivity index is 0.000000640. The van der Waals surface area contributed by atoms with Gasteiger partial charge in [0.1, 0.15) is 11.5 Å². The van der Waals surface area contributed by atoms with Crippen molar-refractivity contribution in [2.75, 3.05) is 12.9 Å². The Morgan fingerprint density at radius 3 is 1.83 bits per heavy atom. The van der Waals surface area contributed by atoms with Crippen LogP contribution in [0.3, 0.4) is 0 Å². The van der Waals surface area contributed by atoms with Gasteiger partial charge in [-0.2, -0.15) is 0 Å². The van der Waals surface area contributed by atoms with Crippen LogP contribution in [-0.2, 0) is 12.6 Å². The second-order valence-corrected chi connectivity index (χ2v) is 7.88. The van der Waals surface area contributed by atoms with Crippen molar-refractivity contribution in [2.45, 2.75) is 44.9 Å². The summed E-state index contributed by atoms with van der Waals surface area (Å²) in [6.07, 6.45) is 6.48. The third-order valence-corrected chi connectivity index (χ3v) is 3.52. The maximum absolute atomic E-state index is 10.7. The van der Waals surface area contributed by atoms with Crippen molar-refractivity contribution in [1.82, 2.24) is 0 Å². The predicted octanol–water partition coefficient (Wildman–Crippen LogP) is 7.14. The Hall–Kier alpha value is -0.620. The summed E-state index contributed by atoms with van der Waals surface area (Å²) in [5, 5.41) is 0. The Morgan fingerprint density at radius 2 is 1.46 bits per heavy atom. The molecule has 0 spiro atoms. The van der Waals surface area contributed by atoms with Gasteiger partial charge in [-0.25, -0.2) is 0 Å². The fourth-order valence-electron chi connectivity index (χ4n) is 2.17. The van der Waals surface area contributed by atoms with E-state index in [1.165, 1.54) is 37.7 Å². The second kappa shape index (κ2) is 8.65. The standard InChI is InChI=1S/C15H24OS.F6P/c1-3-4-5-6-13(11-12-17)14-7-9-15(16-2)10-8-14;1-7(2,3,4,5)6/h7-10,13,17H,3-6,11-12H2,1-2H3;/q;-1/p+1. The van der Waals surface area contributed by atoms with Gasteiger partial charge in [0.15, 0.2) is 0 Å². The van der Waals surface area contributed by atoms with Crippen LogP contribution in [0.15, 0.2) is 24.3 Å². The van der Waals surface area contributed by atoms with Gasteiger partial charge in [0.2, 0.25) is 0 Å². The summed E-state index contributed by atoms with van der Waals surface area (Å²) in [6.45, 7) is 2.26. The van der Waals surface area contributed by atoms with E-state index in [9.17, 15) is 25.2 Å². The van der Waals surface area contributed by atoms with Gasteiger partial charge < -0.3 is 4.74 Å². The van der Waals surface area contributed by atoms with Gasteiger partial charge in [-0.05, 0) is 49.1 Å². The minimum atomic E-state index is -10.7. The van der Waals surface area contributed by atoms with Crippen LogP contribution in [0.25, 0.3) is 0 Å². The summed E-state index contributed by atoms with van der Waals surface area (Å²) in [5.74, 6) is 2.70. The van der Waals surface area contributed by atoms with Gasteiger partial charge in [-0.1, -0.05) is 38.3 Å². The third-order valence-electron chi connectivity index (χ3n) is 3.24. The molecule has 0 saturated carbocycles. The molecule has 0 saturated heterocycles. The summed E-state index contributed by atoms with van der Waals surface area (Å²) >= 11 is 3.61. The topological polar surface area (TPSA) is 9.23 Å². The number of hydrogen-bond donors (Lipinski definition) is 0. The molecule has 0 aromatic heterocycles. The predicted molar refractivity (Wildman–Crippen MR) is 93.1 cm³/mol. The van der Waals surface area contributed by atoms with Gasteiger partial charge in [0, 0.05) is 0 Å². The van der Waals surface area contributed by atoms with Crippen molar-refractivity contribution in [3.8, 4) is 5.75 Å². The average Bonchev–Trinajstić information content (AvgIpc) is 2.43. The summed E-state index contributed by atoms with van der Waals surface area (Å²) in [6, 6.07) is 8.54. The molecule has 1 aromatic rings. The average molecular weight is 398 g/mol. The zero-order valence-electron chi connectivity index (χ0n) is 13.8. The van der Waals surface area contributed by atoms with E-state index in [1.807, 2.05) is 0 Å². The van der Waals surface area contributed by atoms with Crippen LogP contribution in [0.2, 0.25) is 0 Å². The molecule has 0 N–H and O–H groups in total. The van der Waals surface area contributed by atoms with Crippen molar-refractivity contribution >= 4 is 20.4 Å². The van der Waals surface area contributed by atoms with E-state index in [2.05, 4.69) is 43.8 Å². The molecular formula is C15H25F6OPS. The van der Waals surface area contributed by atoms with Crippen molar-refractivity contribution < 1.29 is 29.9 Å². The monoisotopic (exact) mass is 398 g/mol. The first kappa shape index (κ1) is 23.4. The van der Waals surface area contributed by atoms with Crippen LogP contribution in [0.5, 0.6) is 5.75 Å². The molecular weight excluding hydrogens is 373 g/mol. The van der Waals surface area contributed by atoms with Gasteiger partial charge in [-0.15, -0.1) is 0 Å². The Morgan fingerprint density at radius 1 is 0.958 bits per heavy atom. The van der Waals surface area contributed by atoms with E-state index < -0.39 is 7.81 Å². The summed E-state index contributed by atoms with van der Waals surface area (Å²) in [4.78, 5) is 0. The van der Waals surface area contributed by atoms with Crippen LogP contribution in [-0.4, -0.2) is 12.9 Å². The fourth-order valence-corrected chi connectivity index (χ4v) is 2.52. The van der Waals surface area contributed by atoms with Crippen molar-refractivity contribution in [3.05, 3.63) is 29.8 Å². The number of unbranched alkanes of at least 4 members (excludes halogenated alkanes) is 2. The summed E-state index contributed by atoms with van der Waals surface area (Å²) in [5.41, 5.74) is 1.44. The number of ether oxygens (including phenoxy) is 1. The Kier molecular flexibility index (Phi) is 8.43. The van der Waals surface area contributed by atoms with Gasteiger partial charge >= 0.3 is 33.0 Å². The third kappa shape index (κ3) is 16.2. The zero-order chi connectivity index (χ0) is 18.9. The Labute approximate surface area is 144 Å². The first-order valence-corrected chi connectivity index (χ1v) is 10.3. The van der Waals surface area contributed by atoms with Crippen LogP contribution in [0.1, 0.15) is 50.5 Å². The van der Waals surface area contributed by atoms with E-state index in [-0.39, 0.29) is 0 Å². The Bertz CT molecular complexity index is 463. The molecule has 0 aliphatic rings. The molecule has 144 valence electrons. The number of rotatable bonds is 8. The van der Waals surface area contributed by atoms with Gasteiger partial charge in [0.05, 0.1) is 7.11 Å². The van der Waals surface area contributed by atoms with Crippen molar-refractivity contribution in [3.63, 3.8) is 0 Å². The second-order valence-electron chi connectivity index (χ2n) is 5.46. The molecule has 1 aromatic carbocycles. The molecule has 0 heterocycles. The SMILES string of the molecule is CCCCCC(CC[SH2+])c1ccc(OC)cc1.F[P-](F)(F)(F)(F)F. The van der Waals surface area contributed by atoms with Crippen LogP contribution < -0.4 is 4.74 Å². The molecule has 1 nitrogen and oxygen atoms in total. The van der Waals surface area contributed by atoms with Crippen LogP contribution >= 0.6 is 7.81 Å². The van der Waals surface area contributed by atoms with Crippen molar-refractivity contribution in [2.24, 2.45) is 0 Å². The van der Waals surface area contributed by atoms with Gasteiger partial charge in [-0.3, -0.25) is 0 Å². The molecule has 0 fully saturated rings. The quantitative estimate of drug-likeness (QED) is 0.196. The summed E-state index contributed by atoms with van der Waals surface area (Å²) < 4.78 is 64.4. The van der Waals surface area contributed by atoms with E-state index in [1.54, 1.807) is 7.11 Å². The van der Waals surface area contributed by atoms with E-state index in [0.717, 1.165) is 11.5 Å². The number of benzene rings is 1. The first-order chi connectivity index (χ1) is 10.8. The maximum atomic E-state index is 9.87. The van der Waals surface area contributed by atoms with Crippen LogP contribution in [0, 0.1) is 0 Å². The van der Waals surface area contributed by atoms with Crippen molar-refractivity contribution in [1.29, 1.82) is 0 Å². The zero-order valence-corrected chi connectivity index (χ0v) is 15.6. The number of halogens is 6. The molecule has 0 aliphatic heterocycles. The molecule has 9 heteroatoms. The normalized spacial score (nSPS) is 15.5. The molecule has 1 atom stereocenters. The number of methoxy groups -OCH3 is 1. The molecule has 24 heavy (non-hydrogen) atoms. The molecule has 1 rings (SSSR count). The number of hydrogen-bond acceptors (Lipinski definition) is 1.